The van der Waals surface area contributed by atoms with Crippen LogP contribution in [-0.4, -0.2) is 15.9 Å². The van der Waals surface area contributed by atoms with Crippen molar-refractivity contribution >= 4 is 34.2 Å². The van der Waals surface area contributed by atoms with E-state index in [1.54, 1.807) is 6.20 Å². The number of fused-ring (bicyclic) bond motifs is 2. The molecule has 1 heterocycles. The number of rotatable bonds is 3. The molecule has 3 aliphatic rings. The molecule has 1 unspecified atom stereocenters. The summed E-state index contributed by atoms with van der Waals surface area (Å²) in [6.07, 6.45) is 2.30. The number of H-pyrrole nitrogens is 1. The summed E-state index contributed by atoms with van der Waals surface area (Å²) in [5.41, 5.74) is 6.88. The summed E-state index contributed by atoms with van der Waals surface area (Å²) in [5.74, 6) is 0.273. The number of nitrogens with one attached hydrogen (secondary N) is 2. The highest BCUT2D eigenvalue weighted by atomic mass is 35.5. The van der Waals surface area contributed by atoms with Crippen LogP contribution in [0.3, 0.4) is 0 Å². The van der Waals surface area contributed by atoms with Gasteiger partial charge >= 0.3 is 0 Å². The highest BCUT2D eigenvalue weighted by molar-refractivity contribution is 6.27. The number of carbonyl (C=O) groups excluding carboxylic acids is 1. The zero-order chi connectivity index (χ0) is 25.4. The number of halogens is 1. The van der Waals surface area contributed by atoms with Crippen LogP contribution < -0.4 is 5.32 Å². The molecule has 2 bridgehead atoms. The van der Waals surface area contributed by atoms with Gasteiger partial charge in [-0.15, -0.1) is 11.6 Å². The summed E-state index contributed by atoms with van der Waals surface area (Å²) in [6.45, 7) is 4.15. The first-order valence-electron chi connectivity index (χ1n) is 12.6. The molecule has 5 heteroatoms. The first kappa shape index (κ1) is 22.3. The number of alkyl halides is 1. The topological polar surface area (TPSA) is 57.8 Å². The number of amides is 1. The number of hydrogen-bond donors (Lipinski definition) is 2. The maximum atomic E-state index is 14.0. The number of aromatic nitrogens is 2. The predicted octanol–water partition coefficient (Wildman–Crippen LogP) is 7.51. The van der Waals surface area contributed by atoms with E-state index in [1.807, 2.05) is 37.3 Å². The van der Waals surface area contributed by atoms with Gasteiger partial charge in [0, 0.05) is 11.5 Å². The first-order valence-corrected chi connectivity index (χ1v) is 13.0. The monoisotopic (exact) mass is 503 g/mol. The lowest BCUT2D eigenvalue weighted by atomic mass is 9.52. The van der Waals surface area contributed by atoms with E-state index in [0.717, 1.165) is 38.9 Å². The van der Waals surface area contributed by atoms with Crippen molar-refractivity contribution < 1.29 is 4.79 Å². The predicted molar refractivity (Wildman–Crippen MR) is 149 cm³/mol. The molecule has 0 fully saturated rings. The average molecular weight is 504 g/mol. The fourth-order valence-electron chi connectivity index (χ4n) is 6.68. The largest absolute Gasteiger partial charge is 0.324 e. The third-order valence-corrected chi connectivity index (χ3v) is 8.94. The Labute approximate surface area is 220 Å². The van der Waals surface area contributed by atoms with Gasteiger partial charge in [0.25, 0.3) is 0 Å². The van der Waals surface area contributed by atoms with Crippen molar-refractivity contribution in [2.45, 2.75) is 31.1 Å². The van der Waals surface area contributed by atoms with Crippen LogP contribution in [0.4, 0.5) is 5.95 Å². The average Bonchev–Trinajstić information content (AvgIpc) is 3.37. The molecule has 1 aromatic heterocycles. The van der Waals surface area contributed by atoms with Crippen LogP contribution in [0.25, 0.3) is 22.0 Å². The number of anilines is 1. The minimum Gasteiger partial charge on any atom is -0.324 e. The van der Waals surface area contributed by atoms with Crippen molar-refractivity contribution in [1.82, 2.24) is 9.97 Å². The van der Waals surface area contributed by atoms with Crippen molar-refractivity contribution in [2.75, 3.05) is 5.32 Å². The van der Waals surface area contributed by atoms with Crippen LogP contribution in [-0.2, 0) is 9.67 Å². The molecule has 8 rings (SSSR count). The number of aryl methyl sites for hydroxylation is 1. The summed E-state index contributed by atoms with van der Waals surface area (Å²) in [6, 6.07) is 29.1. The number of imidazole rings is 1. The molecule has 4 nitrogen and oxygen atoms in total. The second kappa shape index (κ2) is 7.80. The minimum atomic E-state index is -0.747. The molecule has 37 heavy (non-hydrogen) atoms. The van der Waals surface area contributed by atoms with Crippen LogP contribution >= 0.6 is 11.6 Å². The Balaban J connectivity index is 1.26. The highest BCUT2D eigenvalue weighted by Gasteiger charge is 2.60. The van der Waals surface area contributed by atoms with E-state index in [2.05, 4.69) is 76.8 Å². The lowest BCUT2D eigenvalue weighted by molar-refractivity contribution is -0.127. The number of aromatic amines is 1. The Morgan fingerprint density at radius 1 is 0.919 bits per heavy atom. The summed E-state index contributed by atoms with van der Waals surface area (Å²) in [4.78, 5) is 21.1. The molecule has 3 aliphatic carbocycles. The van der Waals surface area contributed by atoms with Gasteiger partial charge in [-0.2, -0.15) is 0 Å². The van der Waals surface area contributed by atoms with Gasteiger partial charge in [-0.25, -0.2) is 4.98 Å². The summed E-state index contributed by atoms with van der Waals surface area (Å²) < 4.78 is 0. The maximum absolute atomic E-state index is 14.0. The molecule has 182 valence electrons. The van der Waals surface area contributed by atoms with Crippen LogP contribution in [0.2, 0.25) is 0 Å². The Hall–Kier alpha value is -3.89. The molecule has 0 spiro atoms. The molecule has 4 aromatic carbocycles. The second-order valence-corrected chi connectivity index (χ2v) is 11.2. The molecule has 0 saturated heterocycles. The van der Waals surface area contributed by atoms with E-state index in [-0.39, 0.29) is 11.8 Å². The van der Waals surface area contributed by atoms with Crippen molar-refractivity contribution in [1.29, 1.82) is 0 Å². The third-order valence-electron chi connectivity index (χ3n) is 8.40. The quantitative estimate of drug-likeness (QED) is 0.250. The fourth-order valence-corrected chi connectivity index (χ4v) is 7.31. The third kappa shape index (κ3) is 3.09. The Morgan fingerprint density at radius 3 is 2.24 bits per heavy atom. The second-order valence-electron chi connectivity index (χ2n) is 10.6. The minimum absolute atomic E-state index is 0.0822. The normalized spacial score (nSPS) is 23.5. The van der Waals surface area contributed by atoms with Crippen LogP contribution in [0.15, 0.2) is 91.1 Å². The van der Waals surface area contributed by atoms with E-state index in [9.17, 15) is 4.79 Å². The smallest absolute Gasteiger partial charge is 0.233 e. The van der Waals surface area contributed by atoms with Gasteiger partial charge in [0.1, 0.15) is 0 Å². The van der Waals surface area contributed by atoms with Gasteiger partial charge in [0.2, 0.25) is 11.9 Å². The Bertz CT molecular complexity index is 1670. The summed E-state index contributed by atoms with van der Waals surface area (Å²) in [7, 11) is 0. The molecular weight excluding hydrogens is 478 g/mol. The Morgan fingerprint density at radius 2 is 1.54 bits per heavy atom. The SMILES string of the molecule is Cc1ccc(-c2cnc(NC(=O)C3(C)CC4(Cl)c5ccccc5C3c3ccccc34)[nH]2)c2ccccc12. The van der Waals surface area contributed by atoms with Gasteiger partial charge in [0.05, 0.1) is 22.2 Å². The molecule has 2 N–H and O–H groups in total. The zero-order valence-corrected chi connectivity index (χ0v) is 21.4. The van der Waals surface area contributed by atoms with E-state index >= 15 is 0 Å². The van der Waals surface area contributed by atoms with Gasteiger partial charge < -0.3 is 4.98 Å². The van der Waals surface area contributed by atoms with Gasteiger partial charge in [-0.05, 0) is 58.9 Å². The van der Waals surface area contributed by atoms with E-state index < -0.39 is 10.3 Å². The van der Waals surface area contributed by atoms with E-state index in [0.29, 0.717) is 12.4 Å². The molecular formula is C32H26ClN3O. The van der Waals surface area contributed by atoms with Crippen LogP contribution in [0, 0.1) is 12.3 Å². The standard InChI is InChI=1S/C32H26ClN3O/c1-19-15-16-22(21-10-4-3-9-20(19)21)27-17-34-30(35-27)36-29(37)31(2)18-32(33)25-13-7-5-11-23(25)28(31)24-12-6-8-14-26(24)32/h3-17,28H,18H2,1-2H3,(H2,34,35,36,37). The van der Waals surface area contributed by atoms with Crippen molar-refractivity contribution in [3.8, 4) is 11.3 Å². The number of carbonyl (C=O) groups is 1. The lowest BCUT2D eigenvalue weighted by Crippen LogP contribution is -2.52. The van der Waals surface area contributed by atoms with Gasteiger partial charge in [-0.3, -0.25) is 10.1 Å². The van der Waals surface area contributed by atoms with Crippen molar-refractivity contribution in [2.24, 2.45) is 5.41 Å². The van der Waals surface area contributed by atoms with Crippen LogP contribution in [0.1, 0.15) is 47.1 Å². The van der Waals surface area contributed by atoms with E-state index in [4.69, 9.17) is 11.6 Å². The molecule has 0 radical (unpaired) electrons. The highest BCUT2D eigenvalue weighted by Crippen LogP contribution is 2.65. The molecule has 1 atom stereocenters. The van der Waals surface area contributed by atoms with Crippen molar-refractivity contribution in [3.05, 3.63) is 119 Å². The number of nitrogens with zero attached hydrogens (tertiary/aromatic N) is 1. The zero-order valence-electron chi connectivity index (χ0n) is 20.7. The molecule has 0 aliphatic heterocycles. The first-order chi connectivity index (χ1) is 17.9. The maximum Gasteiger partial charge on any atom is 0.233 e. The van der Waals surface area contributed by atoms with Gasteiger partial charge in [-0.1, -0.05) is 84.9 Å². The Kier molecular flexibility index (Phi) is 4.71. The van der Waals surface area contributed by atoms with Gasteiger partial charge in [0.15, 0.2) is 0 Å². The number of benzene rings is 4. The molecule has 5 aromatic rings. The molecule has 1 amide bonds. The molecule has 0 saturated carbocycles. The van der Waals surface area contributed by atoms with E-state index in [1.165, 1.54) is 10.9 Å². The van der Waals surface area contributed by atoms with Crippen LogP contribution in [0.5, 0.6) is 0 Å². The van der Waals surface area contributed by atoms with Crippen molar-refractivity contribution in [3.63, 3.8) is 0 Å². The number of hydrogen-bond acceptors (Lipinski definition) is 2. The fraction of sp³-hybridized carbons (Fsp3) is 0.188. The summed E-state index contributed by atoms with van der Waals surface area (Å²) in [5, 5.41) is 5.46. The lowest BCUT2D eigenvalue weighted by Gasteiger charge is -2.54. The summed E-state index contributed by atoms with van der Waals surface area (Å²) >= 11 is 7.44.